The van der Waals surface area contributed by atoms with E-state index in [9.17, 15) is 4.79 Å². The van der Waals surface area contributed by atoms with Crippen LogP contribution in [-0.4, -0.2) is 46.1 Å². The zero-order valence-electron chi connectivity index (χ0n) is 15.9. The second kappa shape index (κ2) is 8.39. The smallest absolute Gasteiger partial charge is 0.230 e. The fourth-order valence-electron chi connectivity index (χ4n) is 2.36. The number of tetrazole rings is 1. The van der Waals surface area contributed by atoms with Crippen LogP contribution in [0.4, 0.5) is 0 Å². The van der Waals surface area contributed by atoms with E-state index in [1.54, 1.807) is 18.9 Å². The van der Waals surface area contributed by atoms with Crippen LogP contribution in [0.2, 0.25) is 0 Å². The molecular formula is C17H25N5O3S. The van der Waals surface area contributed by atoms with E-state index in [0.717, 1.165) is 5.56 Å². The Kier molecular flexibility index (Phi) is 6.47. The third kappa shape index (κ3) is 4.87. The Balaban J connectivity index is 2.01. The Bertz CT molecular complexity index is 757. The summed E-state index contributed by atoms with van der Waals surface area (Å²) < 4.78 is 12.3. The van der Waals surface area contributed by atoms with Crippen molar-refractivity contribution in [2.45, 2.75) is 44.4 Å². The van der Waals surface area contributed by atoms with Gasteiger partial charge in [0.15, 0.2) is 0 Å². The largest absolute Gasteiger partial charge is 0.497 e. The highest BCUT2D eigenvalue weighted by Gasteiger charge is 2.21. The number of thioether (sulfide) groups is 1. The van der Waals surface area contributed by atoms with E-state index >= 15 is 0 Å². The summed E-state index contributed by atoms with van der Waals surface area (Å²) in [6.45, 7) is 7.92. The maximum absolute atomic E-state index is 12.4. The van der Waals surface area contributed by atoms with Crippen molar-refractivity contribution in [3.8, 4) is 11.5 Å². The maximum Gasteiger partial charge on any atom is 0.230 e. The molecule has 9 heteroatoms. The first-order valence-electron chi connectivity index (χ1n) is 8.19. The lowest BCUT2D eigenvalue weighted by Crippen LogP contribution is -2.29. The highest BCUT2D eigenvalue weighted by Crippen LogP contribution is 2.29. The molecule has 0 radical (unpaired) electrons. The molecule has 1 unspecified atom stereocenters. The molecule has 1 atom stereocenters. The maximum atomic E-state index is 12.4. The summed E-state index contributed by atoms with van der Waals surface area (Å²) >= 11 is 1.30. The lowest BCUT2D eigenvalue weighted by atomic mass is 10.1. The van der Waals surface area contributed by atoms with Crippen LogP contribution in [0.3, 0.4) is 0 Å². The quantitative estimate of drug-likeness (QED) is 0.739. The molecule has 1 N–H and O–H groups in total. The normalized spacial score (nSPS) is 12.5. The van der Waals surface area contributed by atoms with Crippen molar-refractivity contribution in [2.75, 3.05) is 20.0 Å². The van der Waals surface area contributed by atoms with Gasteiger partial charge >= 0.3 is 0 Å². The molecule has 2 rings (SSSR count). The van der Waals surface area contributed by atoms with Crippen molar-refractivity contribution < 1.29 is 14.3 Å². The Morgan fingerprint density at radius 3 is 2.65 bits per heavy atom. The molecule has 0 saturated heterocycles. The molecular weight excluding hydrogens is 354 g/mol. The Morgan fingerprint density at radius 2 is 2.04 bits per heavy atom. The zero-order chi connectivity index (χ0) is 19.3. The van der Waals surface area contributed by atoms with Crippen molar-refractivity contribution in [3.05, 3.63) is 23.8 Å². The average molecular weight is 379 g/mol. The second-order valence-corrected chi connectivity index (χ2v) is 7.67. The number of aromatic nitrogens is 4. The van der Waals surface area contributed by atoms with Gasteiger partial charge in [-0.05, 0) is 56.3 Å². The van der Waals surface area contributed by atoms with Gasteiger partial charge in [0.2, 0.25) is 11.1 Å². The van der Waals surface area contributed by atoms with Crippen LogP contribution in [0, 0.1) is 0 Å². The van der Waals surface area contributed by atoms with Gasteiger partial charge in [-0.3, -0.25) is 4.79 Å². The standard InChI is InChI=1S/C17H25N5O3S/c1-11(13-9-12(24-5)7-8-14(13)25-6)18-15(23)10-26-16-19-20-21-22(16)17(2,3)4/h7-9,11H,10H2,1-6H3,(H,18,23). The third-order valence-corrected chi connectivity index (χ3v) is 4.61. The summed E-state index contributed by atoms with van der Waals surface area (Å²) in [6, 6.07) is 5.27. The summed E-state index contributed by atoms with van der Waals surface area (Å²) in [6.07, 6.45) is 0. The minimum Gasteiger partial charge on any atom is -0.497 e. The van der Waals surface area contributed by atoms with Gasteiger partial charge in [-0.15, -0.1) is 5.10 Å². The van der Waals surface area contributed by atoms with Crippen LogP contribution in [0.25, 0.3) is 0 Å². The Labute approximate surface area is 157 Å². The average Bonchev–Trinajstić information content (AvgIpc) is 3.08. The molecule has 0 aliphatic rings. The molecule has 8 nitrogen and oxygen atoms in total. The minimum absolute atomic E-state index is 0.115. The lowest BCUT2D eigenvalue weighted by Gasteiger charge is -2.20. The van der Waals surface area contributed by atoms with Crippen molar-refractivity contribution in [1.29, 1.82) is 0 Å². The van der Waals surface area contributed by atoms with Crippen molar-refractivity contribution in [3.63, 3.8) is 0 Å². The Hall–Kier alpha value is -2.29. The Morgan fingerprint density at radius 1 is 1.31 bits per heavy atom. The molecule has 1 aromatic carbocycles. The number of ether oxygens (including phenoxy) is 2. The van der Waals surface area contributed by atoms with Gasteiger partial charge in [0.25, 0.3) is 0 Å². The first-order valence-corrected chi connectivity index (χ1v) is 9.17. The van der Waals surface area contributed by atoms with Crippen LogP contribution < -0.4 is 14.8 Å². The van der Waals surface area contributed by atoms with Crippen molar-refractivity contribution in [1.82, 2.24) is 25.5 Å². The number of amides is 1. The van der Waals surface area contributed by atoms with E-state index in [-0.39, 0.29) is 23.2 Å². The number of carbonyl (C=O) groups excluding carboxylic acids is 1. The fraction of sp³-hybridized carbons (Fsp3) is 0.529. The predicted octanol–water partition coefficient (Wildman–Crippen LogP) is 2.41. The number of methoxy groups -OCH3 is 2. The summed E-state index contributed by atoms with van der Waals surface area (Å²) in [7, 11) is 3.20. The van der Waals surface area contributed by atoms with Gasteiger partial charge in [-0.25, -0.2) is 4.68 Å². The van der Waals surface area contributed by atoms with Crippen LogP contribution in [-0.2, 0) is 10.3 Å². The molecule has 26 heavy (non-hydrogen) atoms. The van der Waals surface area contributed by atoms with Crippen molar-refractivity contribution in [2.24, 2.45) is 0 Å². The van der Waals surface area contributed by atoms with E-state index in [1.165, 1.54) is 11.8 Å². The summed E-state index contributed by atoms with van der Waals surface area (Å²) in [5.74, 6) is 1.51. The fourth-order valence-corrected chi connectivity index (χ4v) is 3.23. The lowest BCUT2D eigenvalue weighted by molar-refractivity contribution is -0.119. The van der Waals surface area contributed by atoms with Gasteiger partial charge in [0, 0.05) is 5.56 Å². The van der Waals surface area contributed by atoms with Crippen LogP contribution in [0.15, 0.2) is 23.4 Å². The zero-order valence-corrected chi connectivity index (χ0v) is 16.8. The van der Waals surface area contributed by atoms with E-state index < -0.39 is 0 Å². The molecule has 1 heterocycles. The van der Waals surface area contributed by atoms with Gasteiger partial charge < -0.3 is 14.8 Å². The summed E-state index contributed by atoms with van der Waals surface area (Å²) in [5.41, 5.74) is 0.605. The van der Waals surface area contributed by atoms with E-state index in [2.05, 4.69) is 20.8 Å². The first-order chi connectivity index (χ1) is 12.3. The number of rotatable bonds is 7. The summed E-state index contributed by atoms with van der Waals surface area (Å²) in [4.78, 5) is 12.4. The van der Waals surface area contributed by atoms with Crippen LogP contribution in [0.1, 0.15) is 39.3 Å². The van der Waals surface area contributed by atoms with Gasteiger partial charge in [-0.2, -0.15) is 0 Å². The number of carbonyl (C=O) groups is 1. The molecule has 0 fully saturated rings. The molecule has 142 valence electrons. The first kappa shape index (κ1) is 20.0. The molecule has 2 aromatic rings. The van der Waals surface area contributed by atoms with Gasteiger partial charge in [0.1, 0.15) is 11.5 Å². The third-order valence-electron chi connectivity index (χ3n) is 3.69. The highest BCUT2D eigenvalue weighted by molar-refractivity contribution is 7.99. The highest BCUT2D eigenvalue weighted by atomic mass is 32.2. The molecule has 0 spiro atoms. The number of hydrogen-bond acceptors (Lipinski definition) is 7. The van der Waals surface area contributed by atoms with Gasteiger partial charge in [0.05, 0.1) is 31.6 Å². The van der Waals surface area contributed by atoms with Crippen molar-refractivity contribution >= 4 is 17.7 Å². The van der Waals surface area contributed by atoms with E-state index in [0.29, 0.717) is 16.7 Å². The molecule has 1 amide bonds. The van der Waals surface area contributed by atoms with E-state index in [1.807, 2.05) is 45.9 Å². The molecule has 0 saturated carbocycles. The number of nitrogens with one attached hydrogen (secondary N) is 1. The van der Waals surface area contributed by atoms with Crippen LogP contribution >= 0.6 is 11.8 Å². The monoisotopic (exact) mass is 379 g/mol. The second-order valence-electron chi connectivity index (χ2n) is 6.73. The van der Waals surface area contributed by atoms with E-state index in [4.69, 9.17) is 9.47 Å². The topological polar surface area (TPSA) is 91.2 Å². The number of benzene rings is 1. The predicted molar refractivity (Wildman–Crippen MR) is 99.6 cm³/mol. The molecule has 0 aliphatic heterocycles. The van der Waals surface area contributed by atoms with Crippen LogP contribution in [0.5, 0.6) is 11.5 Å². The SMILES string of the molecule is COc1ccc(OC)c(C(C)NC(=O)CSc2nnnn2C(C)(C)C)c1. The molecule has 0 aliphatic carbocycles. The van der Waals surface area contributed by atoms with Gasteiger partial charge in [-0.1, -0.05) is 11.8 Å². The number of nitrogens with zero attached hydrogens (tertiary/aromatic N) is 4. The minimum atomic E-state index is -0.246. The number of hydrogen-bond donors (Lipinski definition) is 1. The molecule has 1 aromatic heterocycles. The molecule has 0 bridgehead atoms. The summed E-state index contributed by atoms with van der Waals surface area (Å²) in [5, 5.41) is 15.3.